The van der Waals surface area contributed by atoms with E-state index in [1.807, 2.05) is 62.4 Å². The third-order valence-corrected chi connectivity index (χ3v) is 9.10. The first kappa shape index (κ1) is 32.5. The predicted molar refractivity (Wildman–Crippen MR) is 181 cm³/mol. The minimum absolute atomic E-state index is 0.115. The molecule has 0 aliphatic heterocycles. The maximum Gasteiger partial charge on any atom is 0.228 e. The molecule has 1 aliphatic carbocycles. The molecule has 7 heteroatoms. The molecule has 1 saturated carbocycles. The van der Waals surface area contributed by atoms with E-state index in [1.165, 1.54) is 16.7 Å². The SMILES string of the molecule is Cc1cc(C)c(OCCOc2ccc(C(Cc3ccccn3)C(CN)C(=O)N(Cc3cccc(C)c3C)C3CC3)cc2)c(Cl)c1. The second kappa shape index (κ2) is 14.9. The average molecular weight is 626 g/mol. The van der Waals surface area contributed by atoms with E-state index in [1.54, 1.807) is 6.20 Å². The minimum atomic E-state index is -0.389. The number of halogens is 1. The molecule has 5 rings (SSSR count). The molecule has 45 heavy (non-hydrogen) atoms. The number of aryl methyl sites for hydroxylation is 3. The molecule has 0 spiro atoms. The Hall–Kier alpha value is -3.87. The first-order valence-corrected chi connectivity index (χ1v) is 16.2. The lowest BCUT2D eigenvalue weighted by Crippen LogP contribution is -2.43. The number of carbonyl (C=O) groups is 1. The highest BCUT2D eigenvalue weighted by Crippen LogP contribution is 2.36. The predicted octanol–water partition coefficient (Wildman–Crippen LogP) is 7.52. The fourth-order valence-corrected chi connectivity index (χ4v) is 6.40. The number of nitrogens with two attached hydrogens (primary N) is 1. The normalized spacial score (nSPS) is 14.1. The third-order valence-electron chi connectivity index (χ3n) is 8.82. The van der Waals surface area contributed by atoms with Crippen molar-refractivity contribution >= 4 is 17.5 Å². The molecule has 2 N–H and O–H groups in total. The van der Waals surface area contributed by atoms with Crippen molar-refractivity contribution in [3.63, 3.8) is 0 Å². The molecule has 0 bridgehead atoms. The quantitative estimate of drug-likeness (QED) is 0.147. The number of benzene rings is 3. The van der Waals surface area contributed by atoms with Crippen molar-refractivity contribution in [1.82, 2.24) is 9.88 Å². The summed E-state index contributed by atoms with van der Waals surface area (Å²) < 4.78 is 11.9. The molecule has 1 aromatic heterocycles. The van der Waals surface area contributed by atoms with Gasteiger partial charge in [-0.05, 0) is 111 Å². The monoisotopic (exact) mass is 625 g/mol. The van der Waals surface area contributed by atoms with Crippen LogP contribution in [0.2, 0.25) is 5.02 Å². The number of amides is 1. The zero-order chi connectivity index (χ0) is 31.9. The Morgan fingerprint density at radius 2 is 1.71 bits per heavy atom. The molecule has 0 saturated heterocycles. The van der Waals surface area contributed by atoms with Crippen molar-refractivity contribution < 1.29 is 14.3 Å². The van der Waals surface area contributed by atoms with Crippen LogP contribution in [0.4, 0.5) is 0 Å². The van der Waals surface area contributed by atoms with Crippen LogP contribution < -0.4 is 15.2 Å². The Bertz CT molecular complexity index is 1570. The van der Waals surface area contributed by atoms with Gasteiger partial charge in [0.25, 0.3) is 0 Å². The lowest BCUT2D eigenvalue weighted by atomic mass is 9.81. The van der Waals surface area contributed by atoms with Gasteiger partial charge in [0.1, 0.15) is 24.7 Å². The number of carbonyl (C=O) groups excluding carboxylic acids is 1. The van der Waals surface area contributed by atoms with Gasteiger partial charge >= 0.3 is 0 Å². The van der Waals surface area contributed by atoms with Gasteiger partial charge in [0.15, 0.2) is 0 Å². The molecule has 236 valence electrons. The van der Waals surface area contributed by atoms with Gasteiger partial charge in [0, 0.05) is 36.9 Å². The Morgan fingerprint density at radius 1 is 0.956 bits per heavy atom. The van der Waals surface area contributed by atoms with Crippen LogP contribution in [0.25, 0.3) is 0 Å². The highest BCUT2D eigenvalue weighted by atomic mass is 35.5. The van der Waals surface area contributed by atoms with Gasteiger partial charge < -0.3 is 20.1 Å². The van der Waals surface area contributed by atoms with Crippen molar-refractivity contribution in [3.8, 4) is 11.5 Å². The number of hydrogen-bond acceptors (Lipinski definition) is 5. The summed E-state index contributed by atoms with van der Waals surface area (Å²) in [5.41, 5.74) is 14.2. The topological polar surface area (TPSA) is 77.7 Å². The molecular weight excluding hydrogens is 582 g/mol. The highest BCUT2D eigenvalue weighted by molar-refractivity contribution is 6.32. The van der Waals surface area contributed by atoms with Crippen LogP contribution in [0.1, 0.15) is 57.8 Å². The molecule has 1 aliphatic rings. The third kappa shape index (κ3) is 8.24. The van der Waals surface area contributed by atoms with Gasteiger partial charge in [-0.15, -0.1) is 0 Å². The molecule has 1 amide bonds. The van der Waals surface area contributed by atoms with Crippen molar-refractivity contribution in [2.45, 2.75) is 65.5 Å². The maximum absolute atomic E-state index is 14.4. The van der Waals surface area contributed by atoms with E-state index in [-0.39, 0.29) is 30.3 Å². The average Bonchev–Trinajstić information content (AvgIpc) is 3.87. The largest absolute Gasteiger partial charge is 0.490 e. The molecule has 2 atom stereocenters. The molecule has 1 fully saturated rings. The Morgan fingerprint density at radius 3 is 2.38 bits per heavy atom. The van der Waals surface area contributed by atoms with E-state index >= 15 is 0 Å². The number of pyridine rings is 1. The Kier molecular flexibility index (Phi) is 10.8. The number of aromatic nitrogens is 1. The van der Waals surface area contributed by atoms with E-state index in [2.05, 4.69) is 48.0 Å². The maximum atomic E-state index is 14.4. The van der Waals surface area contributed by atoms with E-state index in [0.717, 1.165) is 41.0 Å². The smallest absolute Gasteiger partial charge is 0.228 e. The molecule has 0 radical (unpaired) electrons. The molecule has 4 aromatic rings. The summed E-state index contributed by atoms with van der Waals surface area (Å²) in [5.74, 6) is 1.01. The van der Waals surface area contributed by atoms with Crippen LogP contribution in [0.5, 0.6) is 11.5 Å². The number of nitrogens with zero attached hydrogens (tertiary/aromatic N) is 2. The van der Waals surface area contributed by atoms with Crippen LogP contribution in [0.3, 0.4) is 0 Å². The van der Waals surface area contributed by atoms with Crippen LogP contribution in [0, 0.1) is 33.6 Å². The second-order valence-electron chi connectivity index (χ2n) is 12.2. The summed E-state index contributed by atoms with van der Waals surface area (Å²) in [4.78, 5) is 21.0. The molecule has 1 heterocycles. The van der Waals surface area contributed by atoms with E-state index in [9.17, 15) is 4.79 Å². The first-order chi connectivity index (χ1) is 21.7. The van der Waals surface area contributed by atoms with Gasteiger partial charge in [-0.1, -0.05) is 54.1 Å². The summed E-state index contributed by atoms with van der Waals surface area (Å²) in [6.45, 7) is 9.86. The summed E-state index contributed by atoms with van der Waals surface area (Å²) in [6.07, 6.45) is 4.47. The number of hydrogen-bond donors (Lipinski definition) is 1. The van der Waals surface area contributed by atoms with Gasteiger partial charge in [0.2, 0.25) is 5.91 Å². The second-order valence-corrected chi connectivity index (χ2v) is 12.6. The lowest BCUT2D eigenvalue weighted by molar-refractivity contribution is -0.137. The summed E-state index contributed by atoms with van der Waals surface area (Å²) in [7, 11) is 0. The zero-order valence-corrected chi connectivity index (χ0v) is 27.5. The Labute approximate surface area is 272 Å². The van der Waals surface area contributed by atoms with Crippen molar-refractivity contribution in [2.24, 2.45) is 11.7 Å². The van der Waals surface area contributed by atoms with E-state index < -0.39 is 0 Å². The Balaban J connectivity index is 1.32. The van der Waals surface area contributed by atoms with E-state index in [4.69, 9.17) is 26.8 Å². The van der Waals surface area contributed by atoms with Gasteiger partial charge in [-0.2, -0.15) is 0 Å². The fraction of sp³-hybridized carbons (Fsp3) is 0.368. The standard InChI is InChI=1S/C38H44ClN3O3/c1-25-20-27(3)37(36(39)21-25)45-19-18-44-33-15-11-29(12-16-33)34(22-31-10-5-6-17-41-31)35(23-40)38(43)42(32-13-14-32)24-30-9-7-8-26(2)28(30)4/h5-12,15-17,20-21,32,34-35H,13-14,18-19,22-24,40H2,1-4H3. The molecule has 3 aromatic carbocycles. The van der Waals surface area contributed by atoms with Crippen molar-refractivity contribution in [2.75, 3.05) is 19.8 Å². The molecule has 2 unspecified atom stereocenters. The molecule has 6 nitrogen and oxygen atoms in total. The highest BCUT2D eigenvalue weighted by Gasteiger charge is 2.39. The van der Waals surface area contributed by atoms with Crippen molar-refractivity contribution in [3.05, 3.63) is 123 Å². The number of rotatable bonds is 14. The summed E-state index contributed by atoms with van der Waals surface area (Å²) in [6, 6.07) is 24.5. The van der Waals surface area contributed by atoms with Crippen LogP contribution in [-0.4, -0.2) is 41.6 Å². The summed E-state index contributed by atoms with van der Waals surface area (Å²) in [5, 5.41) is 0.606. The summed E-state index contributed by atoms with van der Waals surface area (Å²) >= 11 is 6.38. The van der Waals surface area contributed by atoms with Crippen molar-refractivity contribution in [1.29, 1.82) is 0 Å². The van der Waals surface area contributed by atoms with Gasteiger partial charge in [-0.25, -0.2) is 0 Å². The molecular formula is C38H44ClN3O3. The van der Waals surface area contributed by atoms with Gasteiger partial charge in [0.05, 0.1) is 10.9 Å². The first-order valence-electron chi connectivity index (χ1n) is 15.8. The van der Waals surface area contributed by atoms with Crippen LogP contribution in [0.15, 0.2) is 79.0 Å². The zero-order valence-electron chi connectivity index (χ0n) is 26.8. The minimum Gasteiger partial charge on any atom is -0.490 e. The lowest BCUT2D eigenvalue weighted by Gasteiger charge is -2.32. The number of ether oxygens (including phenoxy) is 2. The van der Waals surface area contributed by atoms with Crippen LogP contribution >= 0.6 is 11.6 Å². The van der Waals surface area contributed by atoms with E-state index in [0.29, 0.717) is 37.0 Å². The van der Waals surface area contributed by atoms with Crippen LogP contribution in [-0.2, 0) is 17.8 Å². The fourth-order valence-electron chi connectivity index (χ4n) is 6.03. The van der Waals surface area contributed by atoms with Gasteiger partial charge in [-0.3, -0.25) is 9.78 Å².